The number of carbonyl (C=O) groups excluding carboxylic acids is 1. The fraction of sp³-hybridized carbons (Fsp3) is 0.750. The first-order valence-corrected chi connectivity index (χ1v) is 10.7. The van der Waals surface area contributed by atoms with Gasteiger partial charge in [-0.15, -0.1) is 0 Å². The normalized spacial score (nSPS) is 21.2. The molecule has 0 unspecified atom stereocenters. The monoisotopic (exact) mass is 350 g/mol. The Morgan fingerprint density at radius 3 is 2.04 bits per heavy atom. The molecule has 2 aliphatic rings. The second-order valence-corrected chi connectivity index (χ2v) is 7.93. The molecule has 0 bridgehead atoms. The van der Waals surface area contributed by atoms with E-state index in [0.29, 0.717) is 12.1 Å². The van der Waals surface area contributed by atoms with Crippen molar-refractivity contribution in [2.75, 3.05) is 0 Å². The summed E-state index contributed by atoms with van der Waals surface area (Å²) in [6.45, 7) is 4.12. The van der Waals surface area contributed by atoms with Gasteiger partial charge in [0, 0.05) is 12.1 Å². The smallest absolute Gasteiger partial charge is 0.319 e. The number of rotatable bonds is 6. The molecule has 0 atom stereocenters. The Balaban J connectivity index is 2.08. The van der Waals surface area contributed by atoms with E-state index in [4.69, 9.17) is 0 Å². The molecule has 4 heteroatoms. The highest BCUT2D eigenvalue weighted by atomic mass is 32.2. The van der Waals surface area contributed by atoms with Crippen LogP contribution >= 0.6 is 11.8 Å². The van der Waals surface area contributed by atoms with E-state index < -0.39 is 0 Å². The maximum atomic E-state index is 13.1. The van der Waals surface area contributed by atoms with Crippen LogP contribution in [0.25, 0.3) is 0 Å². The van der Waals surface area contributed by atoms with E-state index in [9.17, 15) is 4.79 Å². The second-order valence-electron chi connectivity index (χ2n) is 6.98. The minimum absolute atomic E-state index is 0.130. The van der Waals surface area contributed by atoms with Crippen molar-refractivity contribution < 1.29 is 4.79 Å². The quantitative estimate of drug-likeness (QED) is 0.620. The number of amides is 2. The number of nitrogens with one attached hydrogen (secondary N) is 1. The minimum atomic E-state index is 0.130. The van der Waals surface area contributed by atoms with Gasteiger partial charge in [0.05, 0.1) is 5.03 Å². The van der Waals surface area contributed by atoms with E-state index in [0.717, 1.165) is 11.4 Å². The predicted octanol–water partition coefficient (Wildman–Crippen LogP) is 6.18. The first-order valence-electron chi connectivity index (χ1n) is 9.83. The lowest BCUT2D eigenvalue weighted by Gasteiger charge is -2.41. The van der Waals surface area contributed by atoms with Gasteiger partial charge in [-0.05, 0) is 44.4 Å². The van der Waals surface area contributed by atoms with Crippen molar-refractivity contribution in [3.63, 3.8) is 0 Å². The van der Waals surface area contributed by atoms with Gasteiger partial charge in [-0.1, -0.05) is 69.4 Å². The second kappa shape index (κ2) is 10.9. The van der Waals surface area contributed by atoms with Crippen LogP contribution in [0.15, 0.2) is 22.6 Å². The molecule has 0 saturated heterocycles. The van der Waals surface area contributed by atoms with E-state index in [1.54, 1.807) is 11.8 Å². The molecule has 2 aliphatic carbocycles. The van der Waals surface area contributed by atoms with Gasteiger partial charge >= 0.3 is 6.03 Å². The molecule has 0 aromatic carbocycles. The van der Waals surface area contributed by atoms with Crippen molar-refractivity contribution in [2.45, 2.75) is 96.6 Å². The summed E-state index contributed by atoms with van der Waals surface area (Å²) in [5.41, 5.74) is 0. The molecule has 24 heavy (non-hydrogen) atoms. The van der Waals surface area contributed by atoms with Crippen LogP contribution < -0.4 is 5.32 Å². The van der Waals surface area contributed by atoms with E-state index in [1.807, 2.05) is 18.4 Å². The van der Waals surface area contributed by atoms with Gasteiger partial charge in [0.25, 0.3) is 0 Å². The van der Waals surface area contributed by atoms with E-state index >= 15 is 0 Å². The molecule has 2 fully saturated rings. The standard InChI is InChI=1S/C20H34N2OS/c1-3-11-19(24-16-4-2)21-20(23)22(17-12-7-5-8-13-17)18-14-9-6-10-15-18/h4,11,16-18H,3,5-10,12-15H2,1-2H3,(H,21,23)/b16-4-,19-11-. The zero-order chi connectivity index (χ0) is 17.2. The lowest BCUT2D eigenvalue weighted by Crippen LogP contribution is -2.52. The molecule has 2 saturated carbocycles. The number of hydrogen-bond acceptors (Lipinski definition) is 2. The highest BCUT2D eigenvalue weighted by molar-refractivity contribution is 8.05. The zero-order valence-electron chi connectivity index (χ0n) is 15.4. The summed E-state index contributed by atoms with van der Waals surface area (Å²) in [5.74, 6) is 0. The predicted molar refractivity (Wildman–Crippen MR) is 105 cm³/mol. The molecule has 0 aromatic heterocycles. The Labute approximate surface area is 152 Å². The molecule has 0 heterocycles. The summed E-state index contributed by atoms with van der Waals surface area (Å²) >= 11 is 1.61. The lowest BCUT2D eigenvalue weighted by atomic mass is 9.89. The third-order valence-corrected chi connectivity index (χ3v) is 6.05. The van der Waals surface area contributed by atoms with Crippen LogP contribution in [0.3, 0.4) is 0 Å². The maximum absolute atomic E-state index is 13.1. The Kier molecular flexibility index (Phi) is 8.79. The van der Waals surface area contributed by atoms with Crippen LogP contribution in [0.1, 0.15) is 84.5 Å². The fourth-order valence-electron chi connectivity index (χ4n) is 3.97. The summed E-state index contributed by atoms with van der Waals surface area (Å²) in [7, 11) is 0. The molecule has 2 rings (SSSR count). The van der Waals surface area contributed by atoms with Gasteiger partial charge < -0.3 is 10.2 Å². The van der Waals surface area contributed by atoms with Crippen LogP contribution in [-0.2, 0) is 0 Å². The summed E-state index contributed by atoms with van der Waals surface area (Å²) in [5, 5.41) is 6.21. The molecule has 0 radical (unpaired) electrons. The summed E-state index contributed by atoms with van der Waals surface area (Å²) in [6.07, 6.45) is 17.5. The van der Waals surface area contributed by atoms with Crippen LogP contribution in [0.2, 0.25) is 0 Å². The molecule has 0 aromatic rings. The van der Waals surface area contributed by atoms with E-state index in [-0.39, 0.29) is 6.03 Å². The largest absolute Gasteiger partial charge is 0.322 e. The minimum Gasteiger partial charge on any atom is -0.319 e. The van der Waals surface area contributed by atoms with Gasteiger partial charge in [0.1, 0.15) is 0 Å². The van der Waals surface area contributed by atoms with Crippen LogP contribution in [0.4, 0.5) is 4.79 Å². The summed E-state index contributed by atoms with van der Waals surface area (Å²) < 4.78 is 0. The Hall–Kier alpha value is -0.900. The van der Waals surface area contributed by atoms with Crippen LogP contribution in [-0.4, -0.2) is 23.0 Å². The van der Waals surface area contributed by atoms with Gasteiger partial charge in [-0.3, -0.25) is 0 Å². The van der Waals surface area contributed by atoms with E-state index in [1.165, 1.54) is 64.2 Å². The van der Waals surface area contributed by atoms with Crippen molar-refractivity contribution in [1.29, 1.82) is 0 Å². The molecule has 0 spiro atoms. The highest BCUT2D eigenvalue weighted by Gasteiger charge is 2.32. The van der Waals surface area contributed by atoms with Gasteiger partial charge in [0.2, 0.25) is 0 Å². The molecule has 2 amide bonds. The number of urea groups is 1. The van der Waals surface area contributed by atoms with Crippen molar-refractivity contribution in [2.24, 2.45) is 0 Å². The highest BCUT2D eigenvalue weighted by Crippen LogP contribution is 2.30. The van der Waals surface area contributed by atoms with Crippen molar-refractivity contribution >= 4 is 17.8 Å². The molecule has 0 aliphatic heterocycles. The van der Waals surface area contributed by atoms with Crippen LogP contribution in [0, 0.1) is 0 Å². The zero-order valence-corrected chi connectivity index (χ0v) is 16.2. The van der Waals surface area contributed by atoms with Crippen molar-refractivity contribution in [3.05, 3.63) is 22.6 Å². The lowest BCUT2D eigenvalue weighted by molar-refractivity contribution is 0.107. The third kappa shape index (κ3) is 5.87. The number of allylic oxidation sites excluding steroid dienone is 2. The Morgan fingerprint density at radius 2 is 1.58 bits per heavy atom. The first-order chi connectivity index (χ1) is 11.8. The van der Waals surface area contributed by atoms with Gasteiger partial charge in [-0.25, -0.2) is 4.79 Å². The van der Waals surface area contributed by atoms with Gasteiger partial charge in [-0.2, -0.15) is 0 Å². The number of nitrogens with zero attached hydrogens (tertiary/aromatic N) is 1. The molecular formula is C20H34N2OS. The van der Waals surface area contributed by atoms with E-state index in [2.05, 4.69) is 23.2 Å². The van der Waals surface area contributed by atoms with Crippen LogP contribution in [0.5, 0.6) is 0 Å². The number of thioether (sulfide) groups is 1. The SMILES string of the molecule is C/C=C\S/C(=C\CC)NC(=O)N(C1CCCCC1)C1CCCCC1. The van der Waals surface area contributed by atoms with Crippen molar-refractivity contribution in [1.82, 2.24) is 10.2 Å². The number of carbonyl (C=O) groups is 1. The third-order valence-electron chi connectivity index (χ3n) is 5.12. The average molecular weight is 351 g/mol. The average Bonchev–Trinajstić information content (AvgIpc) is 2.62. The fourth-order valence-corrected chi connectivity index (χ4v) is 4.67. The maximum Gasteiger partial charge on any atom is 0.322 e. The Morgan fingerprint density at radius 1 is 1.04 bits per heavy atom. The Bertz CT molecular complexity index is 417. The molecule has 1 N–H and O–H groups in total. The molecule has 136 valence electrons. The first kappa shape index (κ1) is 19.4. The van der Waals surface area contributed by atoms with Gasteiger partial charge in [0.15, 0.2) is 0 Å². The molecule has 3 nitrogen and oxygen atoms in total. The topological polar surface area (TPSA) is 32.3 Å². The molecular weight excluding hydrogens is 316 g/mol. The summed E-state index contributed by atoms with van der Waals surface area (Å²) in [6, 6.07) is 1.01. The van der Waals surface area contributed by atoms with Crippen molar-refractivity contribution in [3.8, 4) is 0 Å². The number of hydrogen-bond donors (Lipinski definition) is 1. The summed E-state index contributed by atoms with van der Waals surface area (Å²) in [4.78, 5) is 15.4.